The number of anilines is 5. The standard InChI is InChI=1S/C31H35FN10S/c1-20-25-26(21-8-10-22(32)11-9-21)34-31(43)35-27(25)42(39-20)24-14-12-23(13-15-24)33-28-36-29(40-16-4-2-5-17-40)38-30(37-28)41-18-6-3-7-19-41/h8-15,26H,2-7,16-19H2,1H3,(H2,34,35,43)(H,33,36,37,38). The molecule has 7 rings (SSSR count). The summed E-state index contributed by atoms with van der Waals surface area (Å²) in [7, 11) is 0. The van der Waals surface area contributed by atoms with Crippen LogP contribution in [0.2, 0.25) is 0 Å². The van der Waals surface area contributed by atoms with Crippen molar-refractivity contribution in [2.75, 3.05) is 46.6 Å². The van der Waals surface area contributed by atoms with Crippen LogP contribution in [0.25, 0.3) is 5.69 Å². The molecule has 0 bridgehead atoms. The van der Waals surface area contributed by atoms with Crippen molar-refractivity contribution in [3.63, 3.8) is 0 Å². The van der Waals surface area contributed by atoms with Gasteiger partial charge in [0.1, 0.15) is 11.6 Å². The molecule has 2 saturated heterocycles. The molecule has 2 aromatic heterocycles. The van der Waals surface area contributed by atoms with Crippen molar-refractivity contribution < 1.29 is 4.39 Å². The monoisotopic (exact) mass is 598 g/mol. The molecule has 222 valence electrons. The number of halogens is 1. The third-order valence-corrected chi connectivity index (χ3v) is 8.58. The second kappa shape index (κ2) is 11.8. The number of nitrogens with zero attached hydrogens (tertiary/aromatic N) is 7. The zero-order valence-electron chi connectivity index (χ0n) is 24.2. The van der Waals surface area contributed by atoms with E-state index in [-0.39, 0.29) is 11.9 Å². The maximum absolute atomic E-state index is 13.6. The van der Waals surface area contributed by atoms with Gasteiger partial charge in [-0.2, -0.15) is 20.1 Å². The molecule has 10 nitrogen and oxygen atoms in total. The molecule has 3 N–H and O–H groups in total. The zero-order valence-corrected chi connectivity index (χ0v) is 25.0. The van der Waals surface area contributed by atoms with E-state index in [0.717, 1.165) is 97.8 Å². The van der Waals surface area contributed by atoms with Gasteiger partial charge in [-0.25, -0.2) is 9.07 Å². The highest BCUT2D eigenvalue weighted by Gasteiger charge is 2.30. The Morgan fingerprint density at radius 2 is 1.42 bits per heavy atom. The Morgan fingerprint density at radius 3 is 2.02 bits per heavy atom. The lowest BCUT2D eigenvalue weighted by Crippen LogP contribution is -2.38. The summed E-state index contributed by atoms with van der Waals surface area (Å²) < 4.78 is 15.5. The van der Waals surface area contributed by atoms with Crippen LogP contribution in [-0.4, -0.2) is 56.0 Å². The Bertz CT molecular complexity index is 1570. The minimum absolute atomic E-state index is 0.230. The number of hydrogen-bond acceptors (Lipinski definition) is 8. The summed E-state index contributed by atoms with van der Waals surface area (Å²) in [4.78, 5) is 19.1. The topological polar surface area (TPSA) is 99.1 Å². The largest absolute Gasteiger partial charge is 0.351 e. The van der Waals surface area contributed by atoms with Crippen molar-refractivity contribution in [2.45, 2.75) is 51.5 Å². The van der Waals surface area contributed by atoms with Gasteiger partial charge < -0.3 is 25.8 Å². The maximum Gasteiger partial charge on any atom is 0.233 e. The highest BCUT2D eigenvalue weighted by Crippen LogP contribution is 2.36. The Morgan fingerprint density at radius 1 is 0.814 bits per heavy atom. The number of aryl methyl sites for hydroxylation is 1. The molecular weight excluding hydrogens is 563 g/mol. The van der Waals surface area contributed by atoms with Crippen molar-refractivity contribution in [2.24, 2.45) is 0 Å². The number of aromatic nitrogens is 5. The fourth-order valence-corrected chi connectivity index (χ4v) is 6.35. The van der Waals surface area contributed by atoms with Gasteiger partial charge in [0.15, 0.2) is 5.11 Å². The first-order valence-corrected chi connectivity index (χ1v) is 15.5. The van der Waals surface area contributed by atoms with Crippen molar-refractivity contribution in [1.29, 1.82) is 0 Å². The summed E-state index contributed by atoms with van der Waals surface area (Å²) in [5, 5.41) is 15.4. The van der Waals surface area contributed by atoms with Crippen LogP contribution in [0, 0.1) is 12.7 Å². The minimum atomic E-state index is -0.274. The van der Waals surface area contributed by atoms with Gasteiger partial charge in [0.05, 0.1) is 17.4 Å². The van der Waals surface area contributed by atoms with E-state index in [1.165, 1.54) is 25.0 Å². The van der Waals surface area contributed by atoms with Crippen LogP contribution in [0.4, 0.5) is 33.7 Å². The number of piperidine rings is 2. The highest BCUT2D eigenvalue weighted by atomic mass is 32.1. The molecule has 12 heteroatoms. The summed E-state index contributed by atoms with van der Waals surface area (Å²) >= 11 is 5.54. The first-order chi connectivity index (χ1) is 21.0. The van der Waals surface area contributed by atoms with Crippen LogP contribution in [0.5, 0.6) is 0 Å². The molecule has 5 heterocycles. The Hall–Kier alpha value is -4.32. The third-order valence-electron chi connectivity index (χ3n) is 8.36. The van der Waals surface area contributed by atoms with Gasteiger partial charge in [-0.3, -0.25) is 0 Å². The number of nitrogens with one attached hydrogen (secondary N) is 3. The van der Waals surface area contributed by atoms with E-state index >= 15 is 0 Å². The van der Waals surface area contributed by atoms with Gasteiger partial charge in [0.25, 0.3) is 0 Å². The van der Waals surface area contributed by atoms with E-state index < -0.39 is 0 Å². The van der Waals surface area contributed by atoms with Crippen molar-refractivity contribution in [3.05, 3.63) is 71.2 Å². The SMILES string of the molecule is Cc1nn(-c2ccc(Nc3nc(N4CCCCC4)nc(N4CCCCC4)n3)cc2)c2c1C(c1ccc(F)cc1)NC(=S)N2. The van der Waals surface area contributed by atoms with Gasteiger partial charge in [0.2, 0.25) is 17.8 Å². The molecule has 3 aliphatic heterocycles. The molecule has 4 aromatic rings. The average Bonchev–Trinajstić information content (AvgIpc) is 3.37. The highest BCUT2D eigenvalue weighted by molar-refractivity contribution is 7.80. The summed E-state index contributed by atoms with van der Waals surface area (Å²) in [6.45, 7) is 5.86. The van der Waals surface area contributed by atoms with Crippen LogP contribution in [0.3, 0.4) is 0 Å². The number of fused-ring (bicyclic) bond motifs is 1. The van der Waals surface area contributed by atoms with E-state index in [0.29, 0.717) is 11.1 Å². The third kappa shape index (κ3) is 5.71. The molecule has 1 unspecified atom stereocenters. The molecule has 2 aromatic carbocycles. The van der Waals surface area contributed by atoms with Gasteiger partial charge in [-0.1, -0.05) is 12.1 Å². The molecule has 0 amide bonds. The predicted octanol–water partition coefficient (Wildman–Crippen LogP) is 5.62. The predicted molar refractivity (Wildman–Crippen MR) is 171 cm³/mol. The van der Waals surface area contributed by atoms with E-state index in [2.05, 4.69) is 25.8 Å². The number of rotatable bonds is 6. The number of thiocarbonyl (C=S) groups is 1. The molecule has 0 aliphatic carbocycles. The van der Waals surface area contributed by atoms with Crippen LogP contribution >= 0.6 is 12.2 Å². The molecule has 43 heavy (non-hydrogen) atoms. The average molecular weight is 599 g/mol. The summed E-state index contributed by atoms with van der Waals surface area (Å²) in [5.41, 5.74) is 4.50. The lowest BCUT2D eigenvalue weighted by Gasteiger charge is -2.30. The van der Waals surface area contributed by atoms with Crippen LogP contribution in [-0.2, 0) is 0 Å². The molecule has 3 aliphatic rings. The second-order valence-corrected chi connectivity index (χ2v) is 11.8. The van der Waals surface area contributed by atoms with Gasteiger partial charge in [-0.15, -0.1) is 0 Å². The van der Waals surface area contributed by atoms with Crippen LogP contribution in [0.15, 0.2) is 48.5 Å². The molecule has 1 atom stereocenters. The van der Waals surface area contributed by atoms with Gasteiger partial charge in [-0.05, 0) is 99.6 Å². The normalized spacial score (nSPS) is 18.6. The van der Waals surface area contributed by atoms with Gasteiger partial charge >= 0.3 is 0 Å². The zero-order chi connectivity index (χ0) is 29.3. The lowest BCUT2D eigenvalue weighted by molar-refractivity contribution is 0.556. The van der Waals surface area contributed by atoms with Crippen LogP contribution < -0.4 is 25.8 Å². The Labute approximate surface area is 255 Å². The molecule has 0 spiro atoms. The fraction of sp³-hybridized carbons (Fsp3) is 0.387. The number of hydrogen-bond donors (Lipinski definition) is 3. The summed E-state index contributed by atoms with van der Waals surface area (Å²) in [6.07, 6.45) is 7.14. The molecule has 2 fully saturated rings. The van der Waals surface area contributed by atoms with E-state index in [1.807, 2.05) is 35.9 Å². The minimum Gasteiger partial charge on any atom is -0.351 e. The molecular formula is C31H35FN10S. The summed E-state index contributed by atoms with van der Waals surface area (Å²) in [5.74, 6) is 2.57. The smallest absolute Gasteiger partial charge is 0.233 e. The first kappa shape index (κ1) is 27.5. The van der Waals surface area contributed by atoms with E-state index in [1.54, 1.807) is 12.1 Å². The van der Waals surface area contributed by atoms with E-state index in [9.17, 15) is 4.39 Å². The van der Waals surface area contributed by atoms with Gasteiger partial charge in [0, 0.05) is 37.4 Å². The second-order valence-electron chi connectivity index (χ2n) is 11.4. The molecule has 0 saturated carbocycles. The lowest BCUT2D eigenvalue weighted by atomic mass is 9.97. The van der Waals surface area contributed by atoms with Crippen LogP contribution in [0.1, 0.15) is 61.4 Å². The number of benzene rings is 2. The molecule has 0 radical (unpaired) electrons. The van der Waals surface area contributed by atoms with Crippen molar-refractivity contribution >= 4 is 46.7 Å². The Kier molecular flexibility index (Phi) is 7.52. The Balaban J connectivity index is 1.16. The fourth-order valence-electron chi connectivity index (χ4n) is 6.14. The quantitative estimate of drug-likeness (QED) is 0.243. The van der Waals surface area contributed by atoms with Crippen molar-refractivity contribution in [3.8, 4) is 5.69 Å². The first-order valence-electron chi connectivity index (χ1n) is 15.1. The summed E-state index contributed by atoms with van der Waals surface area (Å²) in [6, 6.07) is 14.3. The van der Waals surface area contributed by atoms with Crippen molar-refractivity contribution in [1.82, 2.24) is 30.0 Å². The maximum atomic E-state index is 13.6. The van der Waals surface area contributed by atoms with E-state index in [4.69, 9.17) is 32.3 Å².